The van der Waals surface area contributed by atoms with Gasteiger partial charge in [0.05, 0.1) is 6.10 Å². The number of hydrogen-bond donors (Lipinski definition) is 5. The lowest BCUT2D eigenvalue weighted by Gasteiger charge is -2.27. The quantitative estimate of drug-likeness (QED) is 0.334. The molecule has 0 saturated heterocycles. The highest BCUT2D eigenvalue weighted by atomic mass is 32.2. The van der Waals surface area contributed by atoms with Gasteiger partial charge in [0.15, 0.2) is 0 Å². The molecule has 0 rings (SSSR count). The Labute approximate surface area is 146 Å². The van der Waals surface area contributed by atoms with Crippen molar-refractivity contribution in [3.63, 3.8) is 0 Å². The predicted octanol–water partition coefficient (Wildman–Crippen LogP) is -0.452. The minimum absolute atomic E-state index is 0.217. The minimum atomic E-state index is -1.16. The van der Waals surface area contributed by atoms with Crippen molar-refractivity contribution in [1.82, 2.24) is 10.6 Å². The SMILES string of the molecule is CCC(C)C(NC(=O)C(N)C(C)O)C(=O)NC(CCSC)C(=O)O. The molecule has 0 aromatic rings. The molecular weight excluding hydrogens is 334 g/mol. The number of carboxylic acid groups (broad SMARTS) is 1. The molecule has 9 heteroatoms. The summed E-state index contributed by atoms with van der Waals surface area (Å²) in [6.07, 6.45) is 1.68. The molecule has 0 aliphatic heterocycles. The van der Waals surface area contributed by atoms with Crippen molar-refractivity contribution >= 4 is 29.5 Å². The molecule has 0 heterocycles. The van der Waals surface area contributed by atoms with E-state index >= 15 is 0 Å². The van der Waals surface area contributed by atoms with E-state index < -0.39 is 42.0 Å². The van der Waals surface area contributed by atoms with Crippen LogP contribution in [-0.4, -0.2) is 64.2 Å². The fourth-order valence-electron chi connectivity index (χ4n) is 1.93. The van der Waals surface area contributed by atoms with Crippen LogP contribution in [0.3, 0.4) is 0 Å². The van der Waals surface area contributed by atoms with E-state index in [-0.39, 0.29) is 12.3 Å². The third kappa shape index (κ3) is 7.50. The molecule has 140 valence electrons. The van der Waals surface area contributed by atoms with Gasteiger partial charge in [0.1, 0.15) is 18.1 Å². The summed E-state index contributed by atoms with van der Waals surface area (Å²) in [4.78, 5) is 35.7. The number of amides is 2. The number of carboxylic acids is 1. The molecule has 0 aromatic carbocycles. The highest BCUT2D eigenvalue weighted by molar-refractivity contribution is 7.98. The third-order valence-corrected chi connectivity index (χ3v) is 4.48. The lowest BCUT2D eigenvalue weighted by atomic mass is 9.97. The van der Waals surface area contributed by atoms with Gasteiger partial charge in [0.2, 0.25) is 11.8 Å². The summed E-state index contributed by atoms with van der Waals surface area (Å²) in [5, 5.41) is 23.6. The van der Waals surface area contributed by atoms with E-state index in [9.17, 15) is 24.6 Å². The fourth-order valence-corrected chi connectivity index (χ4v) is 2.40. The smallest absolute Gasteiger partial charge is 0.326 e. The summed E-state index contributed by atoms with van der Waals surface area (Å²) < 4.78 is 0. The molecule has 0 saturated carbocycles. The number of nitrogens with one attached hydrogen (secondary N) is 2. The normalized spacial score (nSPS) is 17.2. The van der Waals surface area contributed by atoms with Gasteiger partial charge in [0.25, 0.3) is 0 Å². The Morgan fingerprint density at radius 2 is 1.75 bits per heavy atom. The maximum absolute atomic E-state index is 12.5. The van der Waals surface area contributed by atoms with Crippen molar-refractivity contribution in [3.05, 3.63) is 0 Å². The Morgan fingerprint density at radius 1 is 1.17 bits per heavy atom. The van der Waals surface area contributed by atoms with Crippen LogP contribution in [-0.2, 0) is 14.4 Å². The van der Waals surface area contributed by atoms with Gasteiger partial charge in [0, 0.05) is 0 Å². The number of aliphatic hydroxyl groups is 1. The molecule has 0 bridgehead atoms. The zero-order valence-electron chi connectivity index (χ0n) is 14.6. The number of aliphatic carboxylic acids is 1. The molecule has 5 atom stereocenters. The summed E-state index contributed by atoms with van der Waals surface area (Å²) in [5.74, 6) is -1.97. The Balaban J connectivity index is 5.06. The molecule has 5 unspecified atom stereocenters. The topological polar surface area (TPSA) is 142 Å². The number of carbonyl (C=O) groups excluding carboxylic acids is 2. The first kappa shape index (κ1) is 22.7. The van der Waals surface area contributed by atoms with E-state index in [1.54, 1.807) is 6.92 Å². The van der Waals surface area contributed by atoms with Crippen molar-refractivity contribution < 1.29 is 24.6 Å². The third-order valence-electron chi connectivity index (χ3n) is 3.84. The van der Waals surface area contributed by atoms with E-state index in [0.29, 0.717) is 12.2 Å². The highest BCUT2D eigenvalue weighted by Crippen LogP contribution is 2.10. The number of rotatable bonds is 11. The largest absolute Gasteiger partial charge is 0.480 e. The Kier molecular flexibility index (Phi) is 10.7. The van der Waals surface area contributed by atoms with Crippen molar-refractivity contribution in [3.8, 4) is 0 Å². The Morgan fingerprint density at radius 3 is 2.17 bits per heavy atom. The number of aliphatic hydroxyl groups excluding tert-OH is 1. The van der Waals surface area contributed by atoms with Crippen molar-refractivity contribution in [2.45, 2.75) is 57.8 Å². The highest BCUT2D eigenvalue weighted by Gasteiger charge is 2.31. The van der Waals surface area contributed by atoms with Crippen LogP contribution in [0.15, 0.2) is 0 Å². The molecule has 0 aromatic heterocycles. The summed E-state index contributed by atoms with van der Waals surface area (Å²) in [6, 6.07) is -3.08. The Hall–Kier alpha value is -1.32. The first-order valence-corrected chi connectivity index (χ1v) is 9.31. The van der Waals surface area contributed by atoms with Crippen molar-refractivity contribution in [1.29, 1.82) is 0 Å². The van der Waals surface area contributed by atoms with Gasteiger partial charge in [-0.3, -0.25) is 9.59 Å². The molecule has 0 fully saturated rings. The van der Waals surface area contributed by atoms with Crippen LogP contribution < -0.4 is 16.4 Å². The average molecular weight is 363 g/mol. The number of hydrogen-bond acceptors (Lipinski definition) is 6. The molecule has 6 N–H and O–H groups in total. The number of carbonyl (C=O) groups is 3. The first-order valence-electron chi connectivity index (χ1n) is 7.91. The lowest BCUT2D eigenvalue weighted by Crippen LogP contribution is -2.58. The summed E-state index contributed by atoms with van der Waals surface area (Å²) in [5.41, 5.74) is 5.57. The van der Waals surface area contributed by atoms with Crippen LogP contribution in [0.2, 0.25) is 0 Å². The van der Waals surface area contributed by atoms with Crippen LogP contribution in [0.25, 0.3) is 0 Å². The van der Waals surface area contributed by atoms with Gasteiger partial charge in [-0.25, -0.2) is 4.79 Å². The van der Waals surface area contributed by atoms with Gasteiger partial charge >= 0.3 is 5.97 Å². The molecule has 24 heavy (non-hydrogen) atoms. The molecule has 0 aliphatic rings. The second kappa shape index (κ2) is 11.3. The second-order valence-electron chi connectivity index (χ2n) is 5.82. The van der Waals surface area contributed by atoms with E-state index in [0.717, 1.165) is 0 Å². The molecule has 0 aliphatic carbocycles. The fraction of sp³-hybridized carbons (Fsp3) is 0.800. The Bertz CT molecular complexity index is 433. The maximum Gasteiger partial charge on any atom is 0.326 e. The monoisotopic (exact) mass is 363 g/mol. The van der Waals surface area contributed by atoms with Gasteiger partial charge in [-0.2, -0.15) is 11.8 Å². The molecule has 8 nitrogen and oxygen atoms in total. The van der Waals surface area contributed by atoms with Crippen LogP contribution in [0, 0.1) is 5.92 Å². The van der Waals surface area contributed by atoms with E-state index in [2.05, 4.69) is 10.6 Å². The predicted molar refractivity (Wildman–Crippen MR) is 93.6 cm³/mol. The summed E-state index contributed by atoms with van der Waals surface area (Å²) in [7, 11) is 0. The second-order valence-corrected chi connectivity index (χ2v) is 6.80. The van der Waals surface area contributed by atoms with Gasteiger partial charge in [-0.05, 0) is 31.3 Å². The lowest BCUT2D eigenvalue weighted by molar-refractivity contribution is -0.142. The number of thioether (sulfide) groups is 1. The van der Waals surface area contributed by atoms with Crippen LogP contribution in [0.1, 0.15) is 33.6 Å². The maximum atomic E-state index is 12.5. The number of nitrogens with two attached hydrogens (primary N) is 1. The van der Waals surface area contributed by atoms with Crippen molar-refractivity contribution in [2.24, 2.45) is 11.7 Å². The van der Waals surface area contributed by atoms with Crippen molar-refractivity contribution in [2.75, 3.05) is 12.0 Å². The van der Waals surface area contributed by atoms with Gasteiger partial charge in [-0.1, -0.05) is 20.3 Å². The zero-order valence-corrected chi connectivity index (χ0v) is 15.4. The molecular formula is C15H29N3O5S. The van der Waals surface area contributed by atoms with Crippen LogP contribution >= 0.6 is 11.8 Å². The zero-order chi connectivity index (χ0) is 18.9. The average Bonchev–Trinajstić information content (AvgIpc) is 2.53. The summed E-state index contributed by atoms with van der Waals surface area (Å²) in [6.45, 7) is 5.01. The molecule has 0 spiro atoms. The first-order chi connectivity index (χ1) is 11.1. The van der Waals surface area contributed by atoms with E-state index in [4.69, 9.17) is 5.73 Å². The standard InChI is InChI=1S/C15H29N3O5S/c1-5-8(2)12(18-13(20)11(16)9(3)19)14(21)17-10(15(22)23)6-7-24-4/h8-12,19H,5-7,16H2,1-4H3,(H,17,21)(H,18,20)(H,22,23). The summed E-state index contributed by atoms with van der Waals surface area (Å²) >= 11 is 1.48. The molecule has 0 radical (unpaired) electrons. The van der Waals surface area contributed by atoms with Gasteiger partial charge < -0.3 is 26.6 Å². The van der Waals surface area contributed by atoms with E-state index in [1.807, 2.05) is 13.2 Å². The molecule has 2 amide bonds. The minimum Gasteiger partial charge on any atom is -0.480 e. The van der Waals surface area contributed by atoms with Gasteiger partial charge in [-0.15, -0.1) is 0 Å². The van der Waals surface area contributed by atoms with Crippen LogP contribution in [0.4, 0.5) is 0 Å². The van der Waals surface area contributed by atoms with Crippen LogP contribution in [0.5, 0.6) is 0 Å². The van der Waals surface area contributed by atoms with E-state index in [1.165, 1.54) is 18.7 Å².